The van der Waals surface area contributed by atoms with Gasteiger partial charge in [0, 0.05) is 24.8 Å². The van der Waals surface area contributed by atoms with Crippen molar-refractivity contribution in [3.8, 4) is 0 Å². The van der Waals surface area contributed by atoms with Gasteiger partial charge in [-0.15, -0.1) is 0 Å². The summed E-state index contributed by atoms with van der Waals surface area (Å²) >= 11 is 0. The Kier molecular flexibility index (Phi) is 6.02. The second kappa shape index (κ2) is 7.53. The van der Waals surface area contributed by atoms with Crippen LogP contribution in [0.4, 0.5) is 10.5 Å². The zero-order chi connectivity index (χ0) is 14.3. The van der Waals surface area contributed by atoms with Crippen molar-refractivity contribution in [2.45, 2.75) is 13.3 Å². The second-order valence-electron chi connectivity index (χ2n) is 4.45. The number of hydrogen-bond donors (Lipinski definition) is 2. The van der Waals surface area contributed by atoms with Crippen molar-refractivity contribution in [3.05, 3.63) is 29.8 Å². The van der Waals surface area contributed by atoms with Gasteiger partial charge in [-0.3, -0.25) is 4.79 Å². The molecule has 2 amide bonds. The molecule has 0 saturated heterocycles. The van der Waals surface area contributed by atoms with Crippen LogP contribution in [0.5, 0.6) is 0 Å². The fourth-order valence-corrected chi connectivity index (χ4v) is 1.63. The summed E-state index contributed by atoms with van der Waals surface area (Å²) in [6.07, 6.45) is 0.897. The van der Waals surface area contributed by atoms with E-state index in [1.165, 1.54) is 6.92 Å². The van der Waals surface area contributed by atoms with Crippen LogP contribution in [0.3, 0.4) is 0 Å². The summed E-state index contributed by atoms with van der Waals surface area (Å²) in [5, 5.41) is 5.81. The Bertz CT molecular complexity index is 446. The van der Waals surface area contributed by atoms with E-state index in [0.29, 0.717) is 17.8 Å². The van der Waals surface area contributed by atoms with Crippen LogP contribution < -0.4 is 10.6 Å². The van der Waals surface area contributed by atoms with E-state index in [0.717, 1.165) is 13.0 Å². The highest BCUT2D eigenvalue weighted by Crippen LogP contribution is 2.11. The van der Waals surface area contributed by atoms with Crippen LogP contribution in [-0.4, -0.2) is 43.9 Å². The van der Waals surface area contributed by atoms with Gasteiger partial charge >= 0.3 is 6.03 Å². The predicted octanol–water partition coefficient (Wildman–Crippen LogP) is 1.96. The lowest BCUT2D eigenvalue weighted by Crippen LogP contribution is -2.33. The average molecular weight is 263 g/mol. The first-order chi connectivity index (χ1) is 9.04. The molecule has 0 aliphatic carbocycles. The first-order valence-corrected chi connectivity index (χ1v) is 6.32. The summed E-state index contributed by atoms with van der Waals surface area (Å²) in [6.45, 7) is 3.06. The van der Waals surface area contributed by atoms with Crippen LogP contribution >= 0.6 is 0 Å². The van der Waals surface area contributed by atoms with Crippen LogP contribution in [0.25, 0.3) is 0 Å². The lowest BCUT2D eigenvalue weighted by molar-refractivity contribution is 0.101. The third kappa shape index (κ3) is 5.09. The number of carbonyl (C=O) groups excluding carboxylic acids is 2. The highest BCUT2D eigenvalue weighted by atomic mass is 16.2. The zero-order valence-corrected chi connectivity index (χ0v) is 11.7. The van der Waals surface area contributed by atoms with Gasteiger partial charge in [0.2, 0.25) is 0 Å². The fraction of sp³-hybridized carbons (Fsp3) is 0.429. The number of ketones is 1. The summed E-state index contributed by atoms with van der Waals surface area (Å²) in [5.74, 6) is -0.0153. The van der Waals surface area contributed by atoms with Gasteiger partial charge in [0.1, 0.15) is 0 Å². The summed E-state index contributed by atoms with van der Waals surface area (Å²) in [7, 11) is 3.63. The zero-order valence-electron chi connectivity index (χ0n) is 11.7. The van der Waals surface area contributed by atoms with E-state index in [4.69, 9.17) is 0 Å². The van der Waals surface area contributed by atoms with Crippen molar-refractivity contribution >= 4 is 17.5 Å². The van der Waals surface area contributed by atoms with Gasteiger partial charge in [-0.25, -0.2) is 4.79 Å². The van der Waals surface area contributed by atoms with E-state index in [2.05, 4.69) is 10.6 Å². The maximum atomic E-state index is 11.9. The Hall–Kier alpha value is -1.88. The minimum atomic E-state index is -0.170. The molecule has 2 N–H and O–H groups in total. The summed E-state index contributed by atoms with van der Waals surface area (Å²) in [5.41, 5.74) is 1.23. The molecule has 0 aliphatic heterocycles. The topological polar surface area (TPSA) is 61.4 Å². The summed E-state index contributed by atoms with van der Waals surface area (Å²) in [6, 6.07) is 6.77. The number of nitrogens with one attached hydrogen (secondary N) is 2. The number of amides is 2. The van der Waals surface area contributed by atoms with E-state index in [1.807, 2.05) is 7.05 Å². The highest BCUT2D eigenvalue weighted by Gasteiger charge is 2.09. The van der Waals surface area contributed by atoms with E-state index < -0.39 is 0 Å². The molecular formula is C14H21N3O2. The molecule has 0 saturated carbocycles. The number of rotatable bonds is 6. The number of nitrogens with zero attached hydrogens (tertiary/aromatic N) is 1. The molecule has 5 nitrogen and oxygen atoms in total. The Morgan fingerprint density at radius 2 is 2.05 bits per heavy atom. The first kappa shape index (κ1) is 15.2. The Morgan fingerprint density at radius 3 is 2.68 bits per heavy atom. The highest BCUT2D eigenvalue weighted by molar-refractivity contribution is 5.96. The number of carbonyl (C=O) groups is 2. The minimum absolute atomic E-state index is 0.0153. The monoisotopic (exact) mass is 263 g/mol. The number of Topliss-reactive ketones (excluding diaryl/α,β-unsaturated/α-hetero) is 1. The molecule has 0 heterocycles. The van der Waals surface area contributed by atoms with Gasteiger partial charge in [-0.1, -0.05) is 12.1 Å². The van der Waals surface area contributed by atoms with E-state index >= 15 is 0 Å². The Balaban J connectivity index is 2.56. The van der Waals surface area contributed by atoms with Crippen LogP contribution in [0.15, 0.2) is 24.3 Å². The molecule has 5 heteroatoms. The lowest BCUT2D eigenvalue weighted by atomic mass is 10.1. The van der Waals surface area contributed by atoms with Crippen molar-refractivity contribution in [2.75, 3.05) is 32.5 Å². The normalized spacial score (nSPS) is 10.1. The van der Waals surface area contributed by atoms with Crippen molar-refractivity contribution in [3.63, 3.8) is 0 Å². The lowest BCUT2D eigenvalue weighted by Gasteiger charge is -2.18. The molecule has 104 valence electrons. The molecule has 0 spiro atoms. The molecule has 0 aliphatic rings. The van der Waals surface area contributed by atoms with Gasteiger partial charge in [0.25, 0.3) is 0 Å². The van der Waals surface area contributed by atoms with Crippen molar-refractivity contribution in [1.29, 1.82) is 0 Å². The van der Waals surface area contributed by atoms with Gasteiger partial charge < -0.3 is 15.5 Å². The summed E-state index contributed by atoms with van der Waals surface area (Å²) < 4.78 is 0. The van der Waals surface area contributed by atoms with Crippen molar-refractivity contribution < 1.29 is 9.59 Å². The molecule has 0 radical (unpaired) electrons. The maximum Gasteiger partial charge on any atom is 0.321 e. The smallest absolute Gasteiger partial charge is 0.321 e. The van der Waals surface area contributed by atoms with Crippen LogP contribution in [0.1, 0.15) is 23.7 Å². The number of benzene rings is 1. The number of urea groups is 1. The largest absolute Gasteiger partial charge is 0.328 e. The standard InChI is InChI=1S/C14H21N3O2/c1-11(18)12-6-4-7-13(10-12)16-14(19)17(3)9-5-8-15-2/h4,6-7,10,15H,5,8-9H2,1-3H3,(H,16,19). The molecule has 0 fully saturated rings. The SMILES string of the molecule is CNCCCN(C)C(=O)Nc1cccc(C(C)=O)c1. The predicted molar refractivity (Wildman–Crippen MR) is 76.6 cm³/mol. The molecule has 0 aromatic heterocycles. The molecule has 0 bridgehead atoms. The molecule has 0 atom stereocenters. The van der Waals surface area contributed by atoms with E-state index in [-0.39, 0.29) is 11.8 Å². The first-order valence-electron chi connectivity index (χ1n) is 6.32. The van der Waals surface area contributed by atoms with Crippen molar-refractivity contribution in [1.82, 2.24) is 10.2 Å². The molecule has 1 aromatic rings. The molecule has 0 unspecified atom stereocenters. The second-order valence-corrected chi connectivity index (χ2v) is 4.45. The quantitative estimate of drug-likeness (QED) is 0.609. The van der Waals surface area contributed by atoms with Crippen LogP contribution in [0.2, 0.25) is 0 Å². The van der Waals surface area contributed by atoms with Gasteiger partial charge in [0.15, 0.2) is 5.78 Å². The molecule has 1 rings (SSSR count). The third-order valence-electron chi connectivity index (χ3n) is 2.79. The van der Waals surface area contributed by atoms with Gasteiger partial charge in [0.05, 0.1) is 0 Å². The summed E-state index contributed by atoms with van der Waals surface area (Å²) in [4.78, 5) is 24.8. The van der Waals surface area contributed by atoms with E-state index in [1.54, 1.807) is 36.2 Å². The van der Waals surface area contributed by atoms with Crippen molar-refractivity contribution in [2.24, 2.45) is 0 Å². The maximum absolute atomic E-state index is 11.9. The minimum Gasteiger partial charge on any atom is -0.328 e. The van der Waals surface area contributed by atoms with E-state index in [9.17, 15) is 9.59 Å². The van der Waals surface area contributed by atoms with Gasteiger partial charge in [-0.05, 0) is 39.1 Å². The Labute approximate surface area is 114 Å². The number of anilines is 1. The molecule has 19 heavy (non-hydrogen) atoms. The van der Waals surface area contributed by atoms with Crippen LogP contribution in [0, 0.1) is 0 Å². The molecular weight excluding hydrogens is 242 g/mol. The van der Waals surface area contributed by atoms with Gasteiger partial charge in [-0.2, -0.15) is 0 Å². The van der Waals surface area contributed by atoms with Crippen LogP contribution in [-0.2, 0) is 0 Å². The fourth-order valence-electron chi connectivity index (χ4n) is 1.63. The average Bonchev–Trinajstić information content (AvgIpc) is 2.39. The molecule has 1 aromatic carbocycles. The number of hydrogen-bond acceptors (Lipinski definition) is 3. The third-order valence-corrected chi connectivity index (χ3v) is 2.79. The Morgan fingerprint density at radius 1 is 1.32 bits per heavy atom.